The van der Waals surface area contributed by atoms with Crippen LogP contribution in [-0.2, 0) is 6.42 Å². The largest absolute Gasteiger partial charge is 0.0808 e. The summed E-state index contributed by atoms with van der Waals surface area (Å²) in [6.45, 7) is 0. The summed E-state index contributed by atoms with van der Waals surface area (Å²) in [6, 6.07) is 10.8. The number of benzene rings is 1. The van der Waals surface area contributed by atoms with Crippen molar-refractivity contribution in [3.05, 3.63) is 59.7 Å². The van der Waals surface area contributed by atoms with Gasteiger partial charge in [0.1, 0.15) is 0 Å². The third-order valence-corrected chi connectivity index (χ3v) is 3.24. The highest BCUT2D eigenvalue weighted by molar-refractivity contribution is 5.34. The first-order valence-corrected chi connectivity index (χ1v) is 5.34. The molecule has 1 saturated carbocycles. The Labute approximate surface area is 85.0 Å². The van der Waals surface area contributed by atoms with Gasteiger partial charge in [0.25, 0.3) is 0 Å². The molecule has 14 heavy (non-hydrogen) atoms. The van der Waals surface area contributed by atoms with Gasteiger partial charge in [-0.1, -0.05) is 54.1 Å². The number of hydrogen-bond acceptors (Lipinski definition) is 0. The predicted molar refractivity (Wildman–Crippen MR) is 59.0 cm³/mol. The van der Waals surface area contributed by atoms with Gasteiger partial charge in [-0.3, -0.25) is 0 Å². The molecule has 0 radical (unpaired) electrons. The van der Waals surface area contributed by atoms with E-state index >= 15 is 0 Å². The zero-order valence-electron chi connectivity index (χ0n) is 8.19. The number of allylic oxidation sites excluding steroid dienone is 4. The first kappa shape index (κ1) is 8.05. The smallest absolute Gasteiger partial charge is 0.00610 e. The van der Waals surface area contributed by atoms with Crippen LogP contribution in [0.15, 0.2) is 54.1 Å². The Bertz CT molecular complexity index is 384. The van der Waals surface area contributed by atoms with Crippen molar-refractivity contribution in [3.8, 4) is 0 Å². The fourth-order valence-corrected chi connectivity index (χ4v) is 2.32. The van der Waals surface area contributed by atoms with Crippen molar-refractivity contribution >= 4 is 0 Å². The first-order chi connectivity index (χ1) is 6.93. The minimum Gasteiger partial charge on any atom is -0.0808 e. The summed E-state index contributed by atoms with van der Waals surface area (Å²) >= 11 is 0. The van der Waals surface area contributed by atoms with E-state index in [-0.39, 0.29) is 0 Å². The molecule has 0 heterocycles. The molecule has 0 amide bonds. The lowest BCUT2D eigenvalue weighted by molar-refractivity contribution is 0.865. The van der Waals surface area contributed by atoms with Crippen molar-refractivity contribution in [2.24, 2.45) is 11.8 Å². The zero-order valence-corrected chi connectivity index (χ0v) is 8.19. The second kappa shape index (κ2) is 3.13. The highest BCUT2D eigenvalue weighted by atomic mass is 14.4. The van der Waals surface area contributed by atoms with Crippen LogP contribution in [0.3, 0.4) is 0 Å². The fourth-order valence-electron chi connectivity index (χ4n) is 2.32. The maximum atomic E-state index is 2.35. The molecule has 1 aromatic carbocycles. The minimum atomic E-state index is 0.874. The van der Waals surface area contributed by atoms with Crippen LogP contribution in [0.5, 0.6) is 0 Å². The van der Waals surface area contributed by atoms with Crippen LogP contribution in [0.1, 0.15) is 12.0 Å². The van der Waals surface area contributed by atoms with Crippen LogP contribution in [0.4, 0.5) is 0 Å². The van der Waals surface area contributed by atoms with Crippen molar-refractivity contribution in [1.82, 2.24) is 0 Å². The molecule has 1 aromatic rings. The summed E-state index contributed by atoms with van der Waals surface area (Å²) in [6.07, 6.45) is 9.41. The SMILES string of the molecule is C1=C[C@H]2CC2C(Cc2ccccc2)=C1. The molecule has 0 nitrogen and oxygen atoms in total. The lowest BCUT2D eigenvalue weighted by Gasteiger charge is -2.08. The maximum absolute atomic E-state index is 2.35. The summed E-state index contributed by atoms with van der Waals surface area (Å²) in [5.74, 6) is 1.75. The highest BCUT2D eigenvalue weighted by Crippen LogP contribution is 2.48. The van der Waals surface area contributed by atoms with Gasteiger partial charge in [-0.25, -0.2) is 0 Å². The van der Waals surface area contributed by atoms with Crippen molar-refractivity contribution in [2.45, 2.75) is 12.8 Å². The molecule has 0 bridgehead atoms. The van der Waals surface area contributed by atoms with Crippen molar-refractivity contribution in [2.75, 3.05) is 0 Å². The average molecular weight is 182 g/mol. The van der Waals surface area contributed by atoms with Gasteiger partial charge >= 0.3 is 0 Å². The van der Waals surface area contributed by atoms with E-state index in [4.69, 9.17) is 0 Å². The molecule has 3 rings (SSSR count). The molecular formula is C14H14. The molecule has 1 fully saturated rings. The van der Waals surface area contributed by atoms with Gasteiger partial charge in [0, 0.05) is 0 Å². The van der Waals surface area contributed by atoms with Gasteiger partial charge in [0.05, 0.1) is 0 Å². The fraction of sp³-hybridized carbons (Fsp3) is 0.286. The average Bonchev–Trinajstić information content (AvgIpc) is 2.99. The summed E-state index contributed by atoms with van der Waals surface area (Å²) in [5.41, 5.74) is 3.07. The molecule has 2 aliphatic rings. The van der Waals surface area contributed by atoms with E-state index in [1.54, 1.807) is 5.57 Å². The van der Waals surface area contributed by atoms with Crippen molar-refractivity contribution < 1.29 is 0 Å². The van der Waals surface area contributed by atoms with Crippen LogP contribution >= 0.6 is 0 Å². The van der Waals surface area contributed by atoms with E-state index in [1.807, 2.05) is 0 Å². The normalized spacial score (nSPS) is 28.1. The molecule has 0 aliphatic heterocycles. The van der Waals surface area contributed by atoms with E-state index in [9.17, 15) is 0 Å². The molecule has 1 unspecified atom stereocenters. The van der Waals surface area contributed by atoms with Gasteiger partial charge in [0.15, 0.2) is 0 Å². The Morgan fingerprint density at radius 3 is 2.86 bits per heavy atom. The Balaban J connectivity index is 1.79. The minimum absolute atomic E-state index is 0.874. The second-order valence-electron chi connectivity index (χ2n) is 4.29. The monoisotopic (exact) mass is 182 g/mol. The van der Waals surface area contributed by atoms with Crippen LogP contribution in [0.25, 0.3) is 0 Å². The molecule has 0 N–H and O–H groups in total. The molecule has 0 saturated heterocycles. The van der Waals surface area contributed by atoms with E-state index in [2.05, 4.69) is 48.6 Å². The third-order valence-electron chi connectivity index (χ3n) is 3.24. The molecule has 0 heteroatoms. The number of rotatable bonds is 2. The molecule has 70 valence electrons. The first-order valence-electron chi connectivity index (χ1n) is 5.34. The van der Waals surface area contributed by atoms with Crippen LogP contribution in [0.2, 0.25) is 0 Å². The maximum Gasteiger partial charge on any atom is -0.00610 e. The summed E-state index contributed by atoms with van der Waals surface area (Å²) < 4.78 is 0. The van der Waals surface area contributed by atoms with Crippen molar-refractivity contribution in [1.29, 1.82) is 0 Å². The molecule has 0 spiro atoms. The van der Waals surface area contributed by atoms with E-state index < -0.39 is 0 Å². The van der Waals surface area contributed by atoms with E-state index in [0.717, 1.165) is 18.3 Å². The Hall–Kier alpha value is -1.30. The predicted octanol–water partition coefficient (Wildman–Crippen LogP) is 3.36. The third kappa shape index (κ3) is 1.41. The van der Waals surface area contributed by atoms with Gasteiger partial charge in [-0.2, -0.15) is 0 Å². The van der Waals surface area contributed by atoms with Crippen molar-refractivity contribution in [3.63, 3.8) is 0 Å². The van der Waals surface area contributed by atoms with Crippen LogP contribution < -0.4 is 0 Å². The van der Waals surface area contributed by atoms with E-state index in [0.29, 0.717) is 0 Å². The zero-order chi connectivity index (χ0) is 9.38. The van der Waals surface area contributed by atoms with E-state index in [1.165, 1.54) is 12.0 Å². The lowest BCUT2D eigenvalue weighted by atomic mass is 9.97. The summed E-state index contributed by atoms with van der Waals surface area (Å²) in [7, 11) is 0. The van der Waals surface area contributed by atoms with Crippen LogP contribution in [-0.4, -0.2) is 0 Å². The van der Waals surface area contributed by atoms with Gasteiger partial charge in [0.2, 0.25) is 0 Å². The molecule has 2 aliphatic carbocycles. The molecule has 2 atom stereocenters. The Kier molecular flexibility index (Phi) is 1.80. The lowest BCUT2D eigenvalue weighted by Crippen LogP contribution is -1.96. The standard InChI is InChI=1S/C14H14/c1-2-5-11(6-3-1)9-12-7-4-8-13-10-14(12)13/h1-8,13-14H,9-10H2/t13-,14?/m0/s1. The summed E-state index contributed by atoms with van der Waals surface area (Å²) in [4.78, 5) is 0. The molecular weight excluding hydrogens is 168 g/mol. The highest BCUT2D eigenvalue weighted by Gasteiger charge is 2.38. The topological polar surface area (TPSA) is 0 Å². The quantitative estimate of drug-likeness (QED) is 0.658. The van der Waals surface area contributed by atoms with Gasteiger partial charge in [-0.05, 0) is 30.2 Å². The van der Waals surface area contributed by atoms with Crippen LogP contribution in [0, 0.1) is 11.8 Å². The Morgan fingerprint density at radius 1 is 1.14 bits per heavy atom. The van der Waals surface area contributed by atoms with Gasteiger partial charge < -0.3 is 0 Å². The van der Waals surface area contributed by atoms with Gasteiger partial charge in [-0.15, -0.1) is 0 Å². The summed E-state index contributed by atoms with van der Waals surface area (Å²) in [5, 5.41) is 0. The number of hydrogen-bond donors (Lipinski definition) is 0. The number of fused-ring (bicyclic) bond motifs is 1. The Morgan fingerprint density at radius 2 is 2.00 bits per heavy atom. The molecule has 0 aromatic heterocycles. The second-order valence-corrected chi connectivity index (χ2v) is 4.29.